The third kappa shape index (κ3) is 1.89. The van der Waals surface area contributed by atoms with Crippen molar-refractivity contribution in [1.82, 2.24) is 19.1 Å². The van der Waals surface area contributed by atoms with E-state index in [0.29, 0.717) is 27.9 Å². The lowest BCUT2D eigenvalue weighted by molar-refractivity contribution is -0.115. The summed E-state index contributed by atoms with van der Waals surface area (Å²) in [7, 11) is 2.98. The van der Waals surface area contributed by atoms with Crippen molar-refractivity contribution in [3.63, 3.8) is 0 Å². The van der Waals surface area contributed by atoms with Crippen molar-refractivity contribution in [3.05, 3.63) is 50.9 Å². The Balaban J connectivity index is 2.18. The maximum absolute atomic E-state index is 12.4. The van der Waals surface area contributed by atoms with E-state index in [4.69, 9.17) is 0 Å². The number of pyridine rings is 2. The second-order valence-corrected chi connectivity index (χ2v) is 5.72. The Hall–Kier alpha value is -3.29. The molecule has 0 unspecified atom stereocenters. The SMILES string of the molecule is Cn1c(=O)c2cc3c(nc2n(C)c1=O)-c1cnccc1NC(=O)C3. The van der Waals surface area contributed by atoms with E-state index in [9.17, 15) is 14.4 Å². The van der Waals surface area contributed by atoms with Crippen LogP contribution in [0.1, 0.15) is 5.56 Å². The summed E-state index contributed by atoms with van der Waals surface area (Å²) < 4.78 is 2.36. The number of hydrogen-bond donors (Lipinski definition) is 1. The number of carbonyl (C=O) groups is 1. The van der Waals surface area contributed by atoms with E-state index in [1.54, 1.807) is 31.6 Å². The normalized spacial score (nSPS) is 13.2. The Morgan fingerprint density at radius 3 is 2.75 bits per heavy atom. The maximum atomic E-state index is 12.4. The van der Waals surface area contributed by atoms with Crippen LogP contribution in [0.15, 0.2) is 34.1 Å². The Morgan fingerprint density at radius 2 is 1.96 bits per heavy atom. The molecule has 1 amide bonds. The lowest BCUT2D eigenvalue weighted by Crippen LogP contribution is -2.37. The van der Waals surface area contributed by atoms with Crippen molar-refractivity contribution >= 4 is 22.6 Å². The van der Waals surface area contributed by atoms with Crippen molar-refractivity contribution < 1.29 is 4.79 Å². The van der Waals surface area contributed by atoms with Crippen LogP contribution in [0.3, 0.4) is 0 Å². The lowest BCUT2D eigenvalue weighted by atomic mass is 10.0. The first-order valence-corrected chi connectivity index (χ1v) is 7.31. The molecule has 0 saturated heterocycles. The van der Waals surface area contributed by atoms with Gasteiger partial charge in [0.05, 0.1) is 23.2 Å². The van der Waals surface area contributed by atoms with Crippen molar-refractivity contribution in [2.24, 2.45) is 14.1 Å². The van der Waals surface area contributed by atoms with Crippen LogP contribution in [-0.2, 0) is 25.3 Å². The zero-order valence-corrected chi connectivity index (χ0v) is 13.0. The minimum absolute atomic E-state index is 0.0962. The fourth-order valence-corrected chi connectivity index (χ4v) is 2.97. The first kappa shape index (κ1) is 14.3. The van der Waals surface area contributed by atoms with Gasteiger partial charge in [-0.05, 0) is 17.7 Å². The van der Waals surface area contributed by atoms with Gasteiger partial charge in [0, 0.05) is 32.1 Å². The Kier molecular flexibility index (Phi) is 2.89. The third-order valence-corrected chi connectivity index (χ3v) is 4.21. The zero-order chi connectivity index (χ0) is 17.0. The number of hydrogen-bond acceptors (Lipinski definition) is 5. The average Bonchev–Trinajstić information content (AvgIpc) is 2.71. The average molecular weight is 323 g/mol. The van der Waals surface area contributed by atoms with E-state index in [0.717, 1.165) is 4.57 Å². The second-order valence-electron chi connectivity index (χ2n) is 5.72. The number of amides is 1. The highest BCUT2D eigenvalue weighted by atomic mass is 16.2. The molecular weight excluding hydrogens is 310 g/mol. The van der Waals surface area contributed by atoms with Crippen LogP contribution in [0.5, 0.6) is 0 Å². The molecule has 0 saturated carbocycles. The summed E-state index contributed by atoms with van der Waals surface area (Å²) in [5.74, 6) is -0.191. The Morgan fingerprint density at radius 1 is 1.17 bits per heavy atom. The molecule has 120 valence electrons. The molecule has 3 aromatic heterocycles. The van der Waals surface area contributed by atoms with Crippen molar-refractivity contribution in [1.29, 1.82) is 0 Å². The number of nitrogens with zero attached hydrogens (tertiary/aromatic N) is 4. The lowest BCUT2D eigenvalue weighted by Gasteiger charge is -2.11. The molecule has 4 heterocycles. The summed E-state index contributed by atoms with van der Waals surface area (Å²) in [6.07, 6.45) is 3.29. The van der Waals surface area contributed by atoms with Crippen molar-refractivity contribution in [2.75, 3.05) is 5.32 Å². The van der Waals surface area contributed by atoms with Gasteiger partial charge in [0.15, 0.2) is 0 Å². The maximum Gasteiger partial charge on any atom is 0.332 e. The van der Waals surface area contributed by atoms with Crippen LogP contribution < -0.4 is 16.6 Å². The number of nitrogens with one attached hydrogen (secondary N) is 1. The van der Waals surface area contributed by atoms with Crippen LogP contribution in [0, 0.1) is 0 Å². The summed E-state index contributed by atoms with van der Waals surface area (Å²) in [5, 5.41) is 3.11. The highest BCUT2D eigenvalue weighted by molar-refractivity contribution is 6.00. The van der Waals surface area contributed by atoms with E-state index in [-0.39, 0.29) is 18.0 Å². The first-order chi connectivity index (χ1) is 11.5. The summed E-state index contributed by atoms with van der Waals surface area (Å²) >= 11 is 0. The fraction of sp³-hybridized carbons (Fsp3) is 0.188. The molecule has 3 aromatic rings. The minimum Gasteiger partial charge on any atom is -0.325 e. The minimum atomic E-state index is -0.450. The van der Waals surface area contributed by atoms with Gasteiger partial charge in [-0.2, -0.15) is 0 Å². The Bertz CT molecular complexity index is 1140. The van der Waals surface area contributed by atoms with Gasteiger partial charge in [-0.1, -0.05) is 0 Å². The highest BCUT2D eigenvalue weighted by Crippen LogP contribution is 2.32. The smallest absolute Gasteiger partial charge is 0.325 e. The van der Waals surface area contributed by atoms with Crippen LogP contribution >= 0.6 is 0 Å². The summed E-state index contributed by atoms with van der Waals surface area (Å²) in [6, 6.07) is 3.33. The topological polar surface area (TPSA) is 98.9 Å². The molecule has 1 aliphatic rings. The van der Waals surface area contributed by atoms with Gasteiger partial charge in [0.25, 0.3) is 5.56 Å². The number of fused-ring (bicyclic) bond motifs is 4. The van der Waals surface area contributed by atoms with E-state index in [1.165, 1.54) is 11.6 Å². The first-order valence-electron chi connectivity index (χ1n) is 7.31. The molecule has 0 aliphatic carbocycles. The number of carbonyl (C=O) groups excluding carboxylic acids is 1. The molecule has 0 aromatic carbocycles. The van der Waals surface area contributed by atoms with Gasteiger partial charge < -0.3 is 5.32 Å². The second kappa shape index (κ2) is 4.85. The van der Waals surface area contributed by atoms with Gasteiger partial charge in [0.2, 0.25) is 5.91 Å². The summed E-state index contributed by atoms with van der Waals surface area (Å²) in [4.78, 5) is 45.3. The van der Waals surface area contributed by atoms with E-state index in [1.807, 2.05) is 0 Å². The molecule has 0 atom stereocenters. The molecule has 0 bridgehead atoms. The molecule has 1 N–H and O–H groups in total. The van der Waals surface area contributed by atoms with E-state index < -0.39 is 11.2 Å². The molecule has 0 radical (unpaired) electrons. The predicted molar refractivity (Wildman–Crippen MR) is 87.8 cm³/mol. The van der Waals surface area contributed by atoms with Crippen LogP contribution in [0.4, 0.5) is 5.69 Å². The molecule has 8 nitrogen and oxygen atoms in total. The van der Waals surface area contributed by atoms with Gasteiger partial charge in [-0.25, -0.2) is 9.78 Å². The Labute approximate surface area is 135 Å². The van der Waals surface area contributed by atoms with Crippen LogP contribution in [-0.4, -0.2) is 25.0 Å². The van der Waals surface area contributed by atoms with Crippen LogP contribution in [0.2, 0.25) is 0 Å². The predicted octanol–water partition coefficient (Wildman–Crippen LogP) is 0.189. The van der Waals surface area contributed by atoms with Gasteiger partial charge in [0.1, 0.15) is 5.65 Å². The van der Waals surface area contributed by atoms with Crippen molar-refractivity contribution in [3.8, 4) is 11.3 Å². The molecule has 4 rings (SSSR count). The number of anilines is 1. The zero-order valence-electron chi connectivity index (χ0n) is 13.0. The monoisotopic (exact) mass is 323 g/mol. The number of aryl methyl sites for hydroxylation is 1. The van der Waals surface area contributed by atoms with E-state index in [2.05, 4.69) is 15.3 Å². The van der Waals surface area contributed by atoms with Gasteiger partial charge >= 0.3 is 5.69 Å². The standard InChI is InChI=1S/C16H13N5O3/c1-20-14-9(15(23)21(2)16(20)24)5-8-6-12(22)18-11-3-4-17-7-10(11)13(8)19-14/h3-5,7H,6H2,1-2H3,(H,18,22). The number of rotatable bonds is 0. The molecule has 24 heavy (non-hydrogen) atoms. The third-order valence-electron chi connectivity index (χ3n) is 4.21. The molecule has 0 spiro atoms. The summed E-state index contributed by atoms with van der Waals surface area (Å²) in [5.41, 5.74) is 1.84. The summed E-state index contributed by atoms with van der Waals surface area (Å²) in [6.45, 7) is 0. The largest absolute Gasteiger partial charge is 0.332 e. The van der Waals surface area contributed by atoms with Gasteiger partial charge in [-0.3, -0.25) is 23.7 Å². The molecule has 0 fully saturated rings. The quantitative estimate of drug-likeness (QED) is 0.637. The fourth-order valence-electron chi connectivity index (χ4n) is 2.97. The highest BCUT2D eigenvalue weighted by Gasteiger charge is 2.22. The molecule has 8 heteroatoms. The van der Waals surface area contributed by atoms with Gasteiger partial charge in [-0.15, -0.1) is 0 Å². The van der Waals surface area contributed by atoms with Crippen LogP contribution in [0.25, 0.3) is 22.3 Å². The molecule has 1 aliphatic heterocycles. The molecular formula is C16H13N5O3. The number of aromatic nitrogens is 4. The van der Waals surface area contributed by atoms with E-state index >= 15 is 0 Å². The van der Waals surface area contributed by atoms with Crippen molar-refractivity contribution in [2.45, 2.75) is 6.42 Å².